The Morgan fingerprint density at radius 2 is 1.95 bits per heavy atom. The first kappa shape index (κ1) is 28.2. The highest BCUT2D eigenvalue weighted by Gasteiger charge is 2.35. The number of piperazine rings is 1. The molecule has 3 aliphatic rings. The number of carboxylic acid groups (broad SMARTS) is 1. The van der Waals surface area contributed by atoms with Crippen LogP contribution in [0.3, 0.4) is 0 Å². The topological polar surface area (TPSA) is 109 Å². The first-order valence-corrected chi connectivity index (χ1v) is 14.6. The summed E-state index contributed by atoms with van der Waals surface area (Å²) in [4.78, 5) is 29.1. The molecule has 3 atom stereocenters. The number of amides is 1. The molecule has 0 spiro atoms. The number of fused-ring (bicyclic) bond motifs is 2. The maximum Gasteiger partial charge on any atom is 0.407 e. The van der Waals surface area contributed by atoms with Gasteiger partial charge in [-0.25, -0.2) is 9.18 Å². The van der Waals surface area contributed by atoms with Crippen LogP contribution < -0.4 is 14.5 Å². The molecule has 2 aromatic carbocycles. The van der Waals surface area contributed by atoms with Gasteiger partial charge in [0.25, 0.3) is 0 Å². The number of alkyl halides is 1. The molecule has 0 unspecified atom stereocenters. The molecule has 0 radical (unpaired) electrons. The molecule has 3 aliphatic heterocycles. The molecule has 1 N–H and O–H groups in total. The van der Waals surface area contributed by atoms with E-state index in [0.717, 1.165) is 34.3 Å². The number of halogens is 2. The van der Waals surface area contributed by atoms with Gasteiger partial charge < -0.3 is 24.5 Å². The van der Waals surface area contributed by atoms with Crippen molar-refractivity contribution in [3.63, 3.8) is 0 Å². The molecular formula is C30H33ClFN7O3. The van der Waals surface area contributed by atoms with Crippen molar-refractivity contribution in [2.75, 3.05) is 56.2 Å². The number of ether oxygens (including phenoxy) is 1. The molecule has 0 saturated carbocycles. The van der Waals surface area contributed by atoms with E-state index in [1.807, 2.05) is 42.3 Å². The monoisotopic (exact) mass is 593 g/mol. The molecule has 2 saturated heterocycles. The Morgan fingerprint density at radius 1 is 1.14 bits per heavy atom. The summed E-state index contributed by atoms with van der Waals surface area (Å²) in [5.41, 5.74) is 2.84. The number of anilines is 2. The summed E-state index contributed by atoms with van der Waals surface area (Å²) >= 11 is 6.65. The smallest absolute Gasteiger partial charge is 0.407 e. The third-order valence-corrected chi connectivity index (χ3v) is 8.91. The van der Waals surface area contributed by atoms with Crippen molar-refractivity contribution in [2.24, 2.45) is 0 Å². The fraction of sp³-hybridized carbons (Fsp3) is 0.467. The van der Waals surface area contributed by atoms with Gasteiger partial charge >= 0.3 is 12.1 Å². The Kier molecular flexibility index (Phi) is 7.92. The fourth-order valence-electron chi connectivity index (χ4n) is 6.42. The lowest BCUT2D eigenvalue weighted by atomic mass is 10.0. The number of hydrogen-bond donors (Lipinski definition) is 1. The normalized spacial score (nSPS) is 22.7. The van der Waals surface area contributed by atoms with Gasteiger partial charge in [0.1, 0.15) is 18.6 Å². The van der Waals surface area contributed by atoms with Crippen molar-refractivity contribution in [3.8, 4) is 12.1 Å². The van der Waals surface area contributed by atoms with Crippen LogP contribution in [0.4, 0.5) is 20.7 Å². The minimum Gasteiger partial charge on any atom is -0.465 e. The van der Waals surface area contributed by atoms with Gasteiger partial charge in [-0.1, -0.05) is 35.9 Å². The van der Waals surface area contributed by atoms with E-state index >= 15 is 0 Å². The molecular weight excluding hydrogens is 561 g/mol. The first-order valence-electron chi connectivity index (χ1n) is 14.2. The van der Waals surface area contributed by atoms with Crippen molar-refractivity contribution >= 4 is 40.0 Å². The van der Waals surface area contributed by atoms with Gasteiger partial charge in [-0.2, -0.15) is 15.2 Å². The molecule has 42 heavy (non-hydrogen) atoms. The van der Waals surface area contributed by atoms with Crippen molar-refractivity contribution in [1.29, 1.82) is 5.26 Å². The van der Waals surface area contributed by atoms with E-state index < -0.39 is 18.3 Å². The number of nitrogens with zero attached hydrogens (tertiary/aromatic N) is 7. The van der Waals surface area contributed by atoms with E-state index in [2.05, 4.69) is 21.9 Å². The zero-order valence-corrected chi connectivity index (χ0v) is 24.2. The quantitative estimate of drug-likeness (QED) is 0.446. The number of carbonyl (C=O) groups is 1. The number of rotatable bonds is 6. The Morgan fingerprint density at radius 3 is 2.69 bits per heavy atom. The summed E-state index contributed by atoms with van der Waals surface area (Å²) in [5, 5.41) is 21.8. The van der Waals surface area contributed by atoms with Crippen LogP contribution in [0.25, 0.3) is 10.8 Å². The Balaban J connectivity index is 1.34. The summed E-state index contributed by atoms with van der Waals surface area (Å²) in [6, 6.07) is 13.8. The fourth-order valence-corrected chi connectivity index (χ4v) is 6.70. The summed E-state index contributed by atoms with van der Waals surface area (Å²) < 4.78 is 20.1. The summed E-state index contributed by atoms with van der Waals surface area (Å²) in [6.45, 7) is 2.92. The Hall–Kier alpha value is -3.88. The highest BCUT2D eigenvalue weighted by molar-refractivity contribution is 6.36. The molecule has 3 aromatic rings. The predicted octanol–water partition coefficient (Wildman–Crippen LogP) is 4.35. The van der Waals surface area contributed by atoms with Gasteiger partial charge in [0.2, 0.25) is 0 Å². The number of aromatic nitrogens is 2. The SMILES string of the molecule is CN1C[C@H](F)C[C@H]1COc1nc2c(c(N3CCN(C(=O)O)[C@@H](CC#N)C3)n1)CCN(c1cccc3cccc(Cl)c13)C2. The van der Waals surface area contributed by atoms with Crippen LogP contribution in [-0.2, 0) is 13.0 Å². The maximum atomic E-state index is 14.0. The van der Waals surface area contributed by atoms with Gasteiger partial charge in [0, 0.05) is 55.4 Å². The third-order valence-electron chi connectivity index (χ3n) is 8.59. The van der Waals surface area contributed by atoms with Crippen molar-refractivity contribution < 1.29 is 19.0 Å². The lowest BCUT2D eigenvalue weighted by Gasteiger charge is -2.41. The number of likely N-dealkylation sites (N-methyl/N-ethyl adjacent to an activating group) is 1. The van der Waals surface area contributed by atoms with E-state index in [-0.39, 0.29) is 31.6 Å². The second kappa shape index (κ2) is 11.8. The first-order chi connectivity index (χ1) is 20.3. The van der Waals surface area contributed by atoms with E-state index in [0.29, 0.717) is 49.9 Å². The summed E-state index contributed by atoms with van der Waals surface area (Å²) in [7, 11) is 1.89. The largest absolute Gasteiger partial charge is 0.465 e. The van der Waals surface area contributed by atoms with Crippen molar-refractivity contribution in [2.45, 2.75) is 44.1 Å². The van der Waals surface area contributed by atoms with Crippen LogP contribution in [0.1, 0.15) is 24.1 Å². The molecule has 0 aliphatic carbocycles. The van der Waals surface area contributed by atoms with E-state index in [9.17, 15) is 19.6 Å². The van der Waals surface area contributed by atoms with Crippen LogP contribution >= 0.6 is 11.6 Å². The second-order valence-electron chi connectivity index (χ2n) is 11.2. The maximum absolute atomic E-state index is 14.0. The Labute approximate surface area is 248 Å². The standard InChI is InChI=1S/C30H33ClFN7O3/c1-36-15-20(32)14-22(36)18-42-29-34-25-17-37(26-7-3-5-19-4-2-6-24(31)27(19)26)11-9-23(25)28(35-29)38-12-13-39(30(40)41)21(16-38)8-10-33/h2-7,20-22H,8-9,11-18H2,1H3,(H,40,41)/t20-,21+,22+/m1/s1. The van der Waals surface area contributed by atoms with Gasteiger partial charge in [-0.15, -0.1) is 0 Å². The minimum absolute atomic E-state index is 0.0727. The van der Waals surface area contributed by atoms with E-state index in [1.165, 1.54) is 4.90 Å². The van der Waals surface area contributed by atoms with Crippen molar-refractivity contribution in [1.82, 2.24) is 19.8 Å². The third kappa shape index (κ3) is 5.49. The molecule has 4 heterocycles. The predicted molar refractivity (Wildman–Crippen MR) is 158 cm³/mol. The molecule has 10 nitrogen and oxygen atoms in total. The molecule has 12 heteroatoms. The average molecular weight is 594 g/mol. The number of hydrogen-bond acceptors (Lipinski definition) is 8. The molecule has 220 valence electrons. The lowest BCUT2D eigenvalue weighted by molar-refractivity contribution is 0.119. The number of likely N-dealkylation sites (tertiary alicyclic amines) is 1. The van der Waals surface area contributed by atoms with Crippen LogP contribution in [0.15, 0.2) is 36.4 Å². The number of nitriles is 1. The van der Waals surface area contributed by atoms with E-state index in [1.54, 1.807) is 0 Å². The molecule has 6 rings (SSSR count). The van der Waals surface area contributed by atoms with Gasteiger partial charge in [-0.3, -0.25) is 4.90 Å². The van der Waals surface area contributed by atoms with Gasteiger partial charge in [0.15, 0.2) is 0 Å². The van der Waals surface area contributed by atoms with Gasteiger partial charge in [-0.05, 0) is 37.4 Å². The average Bonchev–Trinajstić information content (AvgIpc) is 3.31. The highest BCUT2D eigenvalue weighted by Crippen LogP contribution is 2.37. The van der Waals surface area contributed by atoms with Crippen LogP contribution in [0.5, 0.6) is 6.01 Å². The molecule has 2 fully saturated rings. The second-order valence-corrected chi connectivity index (χ2v) is 11.6. The summed E-state index contributed by atoms with van der Waals surface area (Å²) in [5.74, 6) is 0.710. The van der Waals surface area contributed by atoms with Crippen LogP contribution in [0.2, 0.25) is 5.02 Å². The summed E-state index contributed by atoms with van der Waals surface area (Å²) in [6.07, 6.45) is -0.750. The highest BCUT2D eigenvalue weighted by atomic mass is 35.5. The van der Waals surface area contributed by atoms with Crippen LogP contribution in [0, 0.1) is 11.3 Å². The molecule has 1 aromatic heterocycles. The zero-order valence-electron chi connectivity index (χ0n) is 23.4. The lowest BCUT2D eigenvalue weighted by Crippen LogP contribution is -2.55. The minimum atomic E-state index is -1.03. The number of benzene rings is 2. The molecule has 0 bridgehead atoms. The Bertz CT molecular complexity index is 1530. The van der Waals surface area contributed by atoms with Crippen LogP contribution in [-0.4, -0.2) is 95.6 Å². The van der Waals surface area contributed by atoms with Crippen molar-refractivity contribution in [3.05, 3.63) is 52.7 Å². The van der Waals surface area contributed by atoms with E-state index in [4.69, 9.17) is 26.3 Å². The molecule has 1 amide bonds. The zero-order chi connectivity index (χ0) is 29.4. The van der Waals surface area contributed by atoms with Gasteiger partial charge in [0.05, 0.1) is 35.8 Å².